The predicted molar refractivity (Wildman–Crippen MR) is 90.2 cm³/mol. The second-order valence-corrected chi connectivity index (χ2v) is 5.60. The quantitative estimate of drug-likeness (QED) is 0.758. The van der Waals surface area contributed by atoms with Crippen molar-refractivity contribution in [1.82, 2.24) is 10.9 Å². The number of aryl methyl sites for hydroxylation is 1. The lowest BCUT2D eigenvalue weighted by Crippen LogP contribution is -2.41. The summed E-state index contributed by atoms with van der Waals surface area (Å²) in [6, 6.07) is 6.28. The fourth-order valence-corrected chi connectivity index (χ4v) is 2.50. The van der Waals surface area contributed by atoms with Crippen molar-refractivity contribution >= 4 is 27.7 Å². The molecule has 0 saturated carbocycles. The van der Waals surface area contributed by atoms with Gasteiger partial charge in [0.05, 0.1) is 18.2 Å². The molecule has 0 aliphatic heterocycles. The van der Waals surface area contributed by atoms with E-state index < -0.39 is 11.8 Å². The van der Waals surface area contributed by atoms with Gasteiger partial charge in [0.25, 0.3) is 5.91 Å². The second kappa shape index (κ2) is 7.87. The Morgan fingerprint density at radius 1 is 1.21 bits per heavy atom. The largest absolute Gasteiger partial charge is 0.493 e. The lowest BCUT2D eigenvalue weighted by molar-refractivity contribution is 0.0830. The number of furan rings is 1. The summed E-state index contributed by atoms with van der Waals surface area (Å²) in [5.74, 6) is 0.572. The highest BCUT2D eigenvalue weighted by Crippen LogP contribution is 2.36. The van der Waals surface area contributed by atoms with Gasteiger partial charge < -0.3 is 13.9 Å². The molecule has 2 rings (SSSR count). The lowest BCUT2D eigenvalue weighted by Gasteiger charge is -2.13. The summed E-state index contributed by atoms with van der Waals surface area (Å²) < 4.78 is 16.4. The first-order valence-electron chi connectivity index (χ1n) is 7.13. The Morgan fingerprint density at radius 3 is 2.50 bits per heavy atom. The summed E-state index contributed by atoms with van der Waals surface area (Å²) >= 11 is 3.34. The van der Waals surface area contributed by atoms with Crippen LogP contribution < -0.4 is 20.3 Å². The van der Waals surface area contributed by atoms with E-state index in [1.807, 2.05) is 6.92 Å². The van der Waals surface area contributed by atoms with Gasteiger partial charge in [0.1, 0.15) is 5.76 Å². The van der Waals surface area contributed by atoms with E-state index in [2.05, 4.69) is 26.8 Å². The average Bonchev–Trinajstić information content (AvgIpc) is 3.00. The number of carbonyl (C=O) groups excluding carboxylic acids is 2. The van der Waals surface area contributed by atoms with E-state index in [1.54, 1.807) is 19.1 Å². The molecule has 2 aromatic rings. The van der Waals surface area contributed by atoms with Gasteiger partial charge in [-0.05, 0) is 54.0 Å². The maximum absolute atomic E-state index is 12.2. The number of amides is 2. The third kappa shape index (κ3) is 4.08. The van der Waals surface area contributed by atoms with Crippen LogP contribution in [0.25, 0.3) is 0 Å². The minimum absolute atomic E-state index is 0.109. The molecule has 2 N–H and O–H groups in total. The molecule has 8 heteroatoms. The molecule has 0 saturated heterocycles. The summed E-state index contributed by atoms with van der Waals surface area (Å²) in [5.41, 5.74) is 4.90. The Bertz CT molecular complexity index is 757. The van der Waals surface area contributed by atoms with Crippen LogP contribution in [0, 0.1) is 6.92 Å². The van der Waals surface area contributed by atoms with Crippen molar-refractivity contribution in [2.24, 2.45) is 0 Å². The Hall–Kier alpha value is -2.48. The number of halogens is 1. The molecule has 0 unspecified atom stereocenters. The standard InChI is InChI=1S/C16H17BrN2O5/c1-4-23-14-11(17)7-10(8-13(14)22-3)15(20)18-19-16(21)12-6-5-9(2)24-12/h5-8H,4H2,1-3H3,(H,18,20)(H,19,21). The molecule has 128 valence electrons. The third-order valence-electron chi connectivity index (χ3n) is 3.03. The average molecular weight is 397 g/mol. The Kier molecular flexibility index (Phi) is 5.86. The molecule has 1 aromatic heterocycles. The topological polar surface area (TPSA) is 89.8 Å². The molecule has 7 nitrogen and oxygen atoms in total. The van der Waals surface area contributed by atoms with Crippen LogP contribution in [-0.4, -0.2) is 25.5 Å². The van der Waals surface area contributed by atoms with Crippen molar-refractivity contribution in [2.75, 3.05) is 13.7 Å². The van der Waals surface area contributed by atoms with Gasteiger partial charge >= 0.3 is 5.91 Å². The second-order valence-electron chi connectivity index (χ2n) is 4.74. The van der Waals surface area contributed by atoms with Crippen LogP contribution in [0.4, 0.5) is 0 Å². The number of rotatable bonds is 5. The number of carbonyl (C=O) groups is 2. The molecule has 0 spiro atoms. The van der Waals surface area contributed by atoms with Gasteiger partial charge in [-0.25, -0.2) is 0 Å². The fourth-order valence-electron chi connectivity index (χ4n) is 1.94. The first-order chi connectivity index (χ1) is 11.5. The van der Waals surface area contributed by atoms with Crippen molar-refractivity contribution in [3.05, 3.63) is 45.8 Å². The van der Waals surface area contributed by atoms with Gasteiger partial charge in [-0.3, -0.25) is 20.4 Å². The highest BCUT2D eigenvalue weighted by atomic mass is 79.9. The van der Waals surface area contributed by atoms with E-state index >= 15 is 0 Å². The van der Waals surface area contributed by atoms with Gasteiger partial charge in [0.2, 0.25) is 0 Å². The Morgan fingerprint density at radius 2 is 1.92 bits per heavy atom. The van der Waals surface area contributed by atoms with Crippen LogP contribution in [0.3, 0.4) is 0 Å². The highest BCUT2D eigenvalue weighted by Gasteiger charge is 2.17. The van der Waals surface area contributed by atoms with Crippen LogP contribution in [0.2, 0.25) is 0 Å². The van der Waals surface area contributed by atoms with Crippen molar-refractivity contribution in [1.29, 1.82) is 0 Å². The minimum atomic E-state index is -0.548. The van der Waals surface area contributed by atoms with Crippen LogP contribution >= 0.6 is 15.9 Å². The number of benzene rings is 1. The summed E-state index contributed by atoms with van der Waals surface area (Å²) in [7, 11) is 1.48. The fraction of sp³-hybridized carbons (Fsp3) is 0.250. The molecule has 1 aromatic carbocycles. The van der Waals surface area contributed by atoms with Crippen molar-refractivity contribution in [3.63, 3.8) is 0 Å². The number of nitrogens with one attached hydrogen (secondary N) is 2. The number of methoxy groups -OCH3 is 1. The zero-order valence-electron chi connectivity index (χ0n) is 13.4. The number of hydrogen-bond acceptors (Lipinski definition) is 5. The van der Waals surface area contributed by atoms with E-state index in [0.29, 0.717) is 28.3 Å². The van der Waals surface area contributed by atoms with E-state index in [4.69, 9.17) is 13.9 Å². The molecule has 24 heavy (non-hydrogen) atoms. The molecule has 0 bridgehead atoms. The molecule has 0 fully saturated rings. The molecular weight excluding hydrogens is 380 g/mol. The Balaban J connectivity index is 2.09. The van der Waals surface area contributed by atoms with Gasteiger partial charge in [-0.15, -0.1) is 0 Å². The van der Waals surface area contributed by atoms with E-state index in [1.165, 1.54) is 19.2 Å². The van der Waals surface area contributed by atoms with Gasteiger partial charge in [0, 0.05) is 5.56 Å². The predicted octanol–water partition coefficient (Wildman–Crippen LogP) is 2.83. The monoisotopic (exact) mass is 396 g/mol. The first kappa shape index (κ1) is 17.9. The van der Waals surface area contributed by atoms with Gasteiger partial charge in [-0.1, -0.05) is 0 Å². The Labute approximate surface area is 147 Å². The van der Waals surface area contributed by atoms with E-state index in [0.717, 1.165) is 0 Å². The summed E-state index contributed by atoms with van der Waals surface area (Å²) in [4.78, 5) is 24.1. The maximum Gasteiger partial charge on any atom is 0.305 e. The molecular formula is C16H17BrN2O5. The molecule has 0 aliphatic carbocycles. The molecule has 1 heterocycles. The third-order valence-corrected chi connectivity index (χ3v) is 3.62. The molecule has 0 radical (unpaired) electrons. The zero-order chi connectivity index (χ0) is 17.7. The van der Waals surface area contributed by atoms with Crippen molar-refractivity contribution in [3.8, 4) is 11.5 Å². The van der Waals surface area contributed by atoms with Gasteiger partial charge in [-0.2, -0.15) is 0 Å². The maximum atomic E-state index is 12.2. The van der Waals surface area contributed by atoms with Gasteiger partial charge in [0.15, 0.2) is 17.3 Å². The minimum Gasteiger partial charge on any atom is -0.493 e. The SMILES string of the molecule is CCOc1c(Br)cc(C(=O)NNC(=O)c2ccc(C)o2)cc1OC. The van der Waals surface area contributed by atoms with Crippen LogP contribution in [0.5, 0.6) is 11.5 Å². The zero-order valence-corrected chi connectivity index (χ0v) is 15.0. The molecule has 0 atom stereocenters. The van der Waals surface area contributed by atoms with Crippen LogP contribution in [-0.2, 0) is 0 Å². The number of ether oxygens (including phenoxy) is 2. The van der Waals surface area contributed by atoms with Crippen molar-refractivity contribution in [2.45, 2.75) is 13.8 Å². The molecule has 0 aliphatic rings. The smallest absolute Gasteiger partial charge is 0.305 e. The summed E-state index contributed by atoms with van der Waals surface area (Å²) in [6.45, 7) is 4.02. The number of hydrogen-bond donors (Lipinski definition) is 2. The van der Waals surface area contributed by atoms with Crippen LogP contribution in [0.15, 0.2) is 33.2 Å². The summed E-state index contributed by atoms with van der Waals surface area (Å²) in [5, 5.41) is 0. The number of hydrazine groups is 1. The highest BCUT2D eigenvalue weighted by molar-refractivity contribution is 9.10. The van der Waals surface area contributed by atoms with Crippen LogP contribution in [0.1, 0.15) is 33.6 Å². The van der Waals surface area contributed by atoms with E-state index in [-0.39, 0.29) is 11.3 Å². The van der Waals surface area contributed by atoms with E-state index in [9.17, 15) is 9.59 Å². The molecule has 2 amide bonds. The normalized spacial score (nSPS) is 10.2. The summed E-state index contributed by atoms with van der Waals surface area (Å²) in [6.07, 6.45) is 0. The lowest BCUT2D eigenvalue weighted by atomic mass is 10.2. The van der Waals surface area contributed by atoms with Crippen molar-refractivity contribution < 1.29 is 23.5 Å². The first-order valence-corrected chi connectivity index (χ1v) is 7.93.